The predicted octanol–water partition coefficient (Wildman–Crippen LogP) is 2.61. The molecule has 0 radical (unpaired) electrons. The molecule has 1 saturated heterocycles. The van der Waals surface area contributed by atoms with Gasteiger partial charge in [-0.15, -0.1) is 0 Å². The van der Waals surface area contributed by atoms with Crippen LogP contribution in [0.4, 0.5) is 5.69 Å². The lowest BCUT2D eigenvalue weighted by Crippen LogP contribution is -2.40. The number of methoxy groups -OCH3 is 1. The summed E-state index contributed by atoms with van der Waals surface area (Å²) in [7, 11) is -2.03. The number of carbonyl (C=O) groups is 1. The molecule has 1 aliphatic rings. The molecule has 2 aromatic carbocycles. The number of rotatable bonds is 5. The maximum absolute atomic E-state index is 12.7. The third-order valence-corrected chi connectivity index (χ3v) is 7.10. The first-order chi connectivity index (χ1) is 14.3. The summed E-state index contributed by atoms with van der Waals surface area (Å²) in [6, 6.07) is 11.1. The van der Waals surface area contributed by atoms with E-state index in [1.54, 1.807) is 30.3 Å². The number of amides is 1. The van der Waals surface area contributed by atoms with Gasteiger partial charge in [0.2, 0.25) is 10.0 Å². The number of ether oxygens (including phenoxy) is 2. The summed E-state index contributed by atoms with van der Waals surface area (Å²) in [5.74, 6) is 0.224. The molecule has 160 valence electrons. The standard InChI is InChI=1S/C19H20BrN3O5S2/c1-27-17-7-2-13(12-16(17)20)18(24)22-19(29)21-14-3-5-15(6-4-14)30(25,26)23-8-10-28-11-9-23/h2-7,12H,8-11H2,1H3,(H2,21,22,24,29). The zero-order valence-electron chi connectivity index (χ0n) is 16.1. The summed E-state index contributed by atoms with van der Waals surface area (Å²) in [6.45, 7) is 1.44. The number of anilines is 1. The number of nitrogens with one attached hydrogen (secondary N) is 2. The first-order valence-corrected chi connectivity index (χ1v) is 11.6. The second kappa shape index (κ2) is 9.84. The number of morpholine rings is 1. The largest absolute Gasteiger partial charge is 0.496 e. The lowest BCUT2D eigenvalue weighted by atomic mass is 10.2. The van der Waals surface area contributed by atoms with E-state index >= 15 is 0 Å². The number of sulfonamides is 1. The Kier molecular flexibility index (Phi) is 7.42. The highest BCUT2D eigenvalue weighted by atomic mass is 79.9. The Morgan fingerprint density at radius 2 is 1.83 bits per heavy atom. The van der Waals surface area contributed by atoms with Crippen LogP contribution in [0.3, 0.4) is 0 Å². The molecule has 30 heavy (non-hydrogen) atoms. The second-order valence-electron chi connectivity index (χ2n) is 6.30. The van der Waals surface area contributed by atoms with Crippen molar-refractivity contribution in [2.45, 2.75) is 4.90 Å². The average molecular weight is 514 g/mol. The van der Waals surface area contributed by atoms with E-state index in [2.05, 4.69) is 26.6 Å². The number of nitrogens with zero attached hydrogens (tertiary/aromatic N) is 1. The molecule has 1 fully saturated rings. The summed E-state index contributed by atoms with van der Waals surface area (Å²) in [6.07, 6.45) is 0. The molecule has 0 atom stereocenters. The van der Waals surface area contributed by atoms with Gasteiger partial charge in [-0.05, 0) is 70.6 Å². The van der Waals surface area contributed by atoms with Crippen LogP contribution in [0.2, 0.25) is 0 Å². The van der Waals surface area contributed by atoms with Crippen LogP contribution in [0.5, 0.6) is 5.75 Å². The predicted molar refractivity (Wildman–Crippen MR) is 120 cm³/mol. The smallest absolute Gasteiger partial charge is 0.257 e. The Balaban J connectivity index is 1.61. The Bertz CT molecular complexity index is 1040. The molecule has 3 rings (SSSR count). The SMILES string of the molecule is COc1ccc(C(=O)NC(=S)Nc2ccc(S(=O)(=O)N3CCOCC3)cc2)cc1Br. The molecule has 1 amide bonds. The van der Waals surface area contributed by atoms with E-state index in [0.717, 1.165) is 0 Å². The van der Waals surface area contributed by atoms with Crippen LogP contribution >= 0.6 is 28.1 Å². The fourth-order valence-electron chi connectivity index (χ4n) is 2.79. The fourth-order valence-corrected chi connectivity index (χ4v) is 4.95. The van der Waals surface area contributed by atoms with Gasteiger partial charge in [-0.2, -0.15) is 4.31 Å². The van der Waals surface area contributed by atoms with E-state index in [4.69, 9.17) is 21.7 Å². The van der Waals surface area contributed by atoms with Gasteiger partial charge in [0, 0.05) is 24.3 Å². The Morgan fingerprint density at radius 1 is 1.17 bits per heavy atom. The highest BCUT2D eigenvalue weighted by molar-refractivity contribution is 9.10. The van der Waals surface area contributed by atoms with E-state index < -0.39 is 10.0 Å². The van der Waals surface area contributed by atoms with Gasteiger partial charge in [0.15, 0.2) is 5.11 Å². The molecule has 2 N–H and O–H groups in total. The van der Waals surface area contributed by atoms with Crippen LogP contribution in [-0.4, -0.2) is 57.2 Å². The number of benzene rings is 2. The van der Waals surface area contributed by atoms with Crippen LogP contribution in [0, 0.1) is 0 Å². The van der Waals surface area contributed by atoms with Gasteiger partial charge >= 0.3 is 0 Å². The monoisotopic (exact) mass is 513 g/mol. The van der Waals surface area contributed by atoms with Gasteiger partial charge in [0.1, 0.15) is 5.75 Å². The third-order valence-electron chi connectivity index (χ3n) is 4.36. The summed E-state index contributed by atoms with van der Waals surface area (Å²) in [5.41, 5.74) is 0.955. The van der Waals surface area contributed by atoms with Crippen molar-refractivity contribution < 1.29 is 22.7 Å². The maximum atomic E-state index is 12.7. The zero-order valence-corrected chi connectivity index (χ0v) is 19.3. The van der Waals surface area contributed by atoms with E-state index in [-0.39, 0.29) is 15.9 Å². The third kappa shape index (κ3) is 5.35. The topological polar surface area (TPSA) is 97.0 Å². The molecule has 0 aromatic heterocycles. The molecule has 0 unspecified atom stereocenters. The van der Waals surface area contributed by atoms with Crippen molar-refractivity contribution >= 4 is 54.9 Å². The number of thiocarbonyl (C=S) groups is 1. The molecule has 11 heteroatoms. The minimum absolute atomic E-state index is 0.0933. The van der Waals surface area contributed by atoms with Crippen LogP contribution in [0.25, 0.3) is 0 Å². The van der Waals surface area contributed by atoms with Crippen molar-refractivity contribution in [1.29, 1.82) is 0 Å². The summed E-state index contributed by atoms with van der Waals surface area (Å²) < 4.78 is 37.7. The summed E-state index contributed by atoms with van der Waals surface area (Å²) >= 11 is 8.52. The van der Waals surface area contributed by atoms with Gasteiger partial charge in [0.05, 0.1) is 29.7 Å². The van der Waals surface area contributed by atoms with E-state index in [9.17, 15) is 13.2 Å². The van der Waals surface area contributed by atoms with Gasteiger partial charge < -0.3 is 14.8 Å². The highest BCUT2D eigenvalue weighted by Gasteiger charge is 2.26. The lowest BCUT2D eigenvalue weighted by molar-refractivity contribution is 0.0730. The Labute approximate surface area is 188 Å². The molecule has 1 aliphatic heterocycles. The molecule has 1 heterocycles. The number of hydrogen-bond acceptors (Lipinski definition) is 6. The minimum atomic E-state index is -3.56. The first kappa shape index (κ1) is 22.6. The van der Waals surface area contributed by atoms with Crippen molar-refractivity contribution in [1.82, 2.24) is 9.62 Å². The van der Waals surface area contributed by atoms with Gasteiger partial charge in [-0.25, -0.2) is 8.42 Å². The molecule has 0 spiro atoms. The molecular formula is C19H20BrN3O5S2. The van der Waals surface area contributed by atoms with Crippen LogP contribution in [0.1, 0.15) is 10.4 Å². The molecule has 0 bridgehead atoms. The molecule has 0 saturated carbocycles. The van der Waals surface area contributed by atoms with Crippen LogP contribution in [0.15, 0.2) is 51.8 Å². The van der Waals surface area contributed by atoms with Crippen molar-refractivity contribution in [2.75, 3.05) is 38.7 Å². The van der Waals surface area contributed by atoms with Crippen LogP contribution < -0.4 is 15.4 Å². The van der Waals surface area contributed by atoms with Gasteiger partial charge in [0.25, 0.3) is 5.91 Å². The maximum Gasteiger partial charge on any atom is 0.257 e. The summed E-state index contributed by atoms with van der Waals surface area (Å²) in [4.78, 5) is 12.6. The summed E-state index contributed by atoms with van der Waals surface area (Å²) in [5, 5.41) is 5.55. The Morgan fingerprint density at radius 3 is 2.43 bits per heavy atom. The highest BCUT2D eigenvalue weighted by Crippen LogP contribution is 2.25. The van der Waals surface area contributed by atoms with Crippen molar-refractivity contribution in [3.8, 4) is 5.75 Å². The minimum Gasteiger partial charge on any atom is -0.496 e. The zero-order chi connectivity index (χ0) is 21.7. The molecule has 0 aliphatic carbocycles. The number of halogens is 1. The fraction of sp³-hybridized carbons (Fsp3) is 0.263. The number of hydrogen-bond donors (Lipinski definition) is 2. The van der Waals surface area contributed by atoms with E-state index in [1.165, 1.54) is 23.5 Å². The average Bonchev–Trinajstić information content (AvgIpc) is 2.74. The molecule has 2 aromatic rings. The molecular weight excluding hydrogens is 494 g/mol. The molecule has 8 nitrogen and oxygen atoms in total. The second-order valence-corrected chi connectivity index (χ2v) is 9.50. The normalized spacial score (nSPS) is 14.7. The van der Waals surface area contributed by atoms with E-state index in [1.807, 2.05) is 0 Å². The number of carbonyl (C=O) groups excluding carboxylic acids is 1. The quantitative estimate of drug-likeness (QED) is 0.593. The first-order valence-electron chi connectivity index (χ1n) is 8.95. The van der Waals surface area contributed by atoms with Crippen molar-refractivity contribution in [3.63, 3.8) is 0 Å². The van der Waals surface area contributed by atoms with Gasteiger partial charge in [-0.1, -0.05) is 0 Å². The Hall–Kier alpha value is -2.05. The van der Waals surface area contributed by atoms with E-state index in [0.29, 0.717) is 47.8 Å². The van der Waals surface area contributed by atoms with Crippen molar-refractivity contribution in [3.05, 3.63) is 52.5 Å². The van der Waals surface area contributed by atoms with Crippen LogP contribution in [-0.2, 0) is 14.8 Å². The lowest BCUT2D eigenvalue weighted by Gasteiger charge is -2.26. The van der Waals surface area contributed by atoms with Gasteiger partial charge in [-0.3, -0.25) is 10.1 Å². The van der Waals surface area contributed by atoms with Crippen molar-refractivity contribution in [2.24, 2.45) is 0 Å².